The molecule has 0 aliphatic rings. The van der Waals surface area contributed by atoms with Crippen LogP contribution in [0.15, 0.2) is 30.3 Å². The zero-order chi connectivity index (χ0) is 14.7. The first-order valence-electron chi connectivity index (χ1n) is 7.25. The van der Waals surface area contributed by atoms with Crippen molar-refractivity contribution in [1.82, 2.24) is 0 Å². The molecule has 0 fully saturated rings. The van der Waals surface area contributed by atoms with Crippen LogP contribution in [0.2, 0.25) is 0 Å². The Bertz CT molecular complexity index is 394. The minimum atomic E-state index is -3.48. The van der Waals surface area contributed by atoms with E-state index in [1.807, 2.05) is 18.2 Å². The van der Waals surface area contributed by atoms with Gasteiger partial charge in [-0.25, -0.2) is 4.57 Å². The van der Waals surface area contributed by atoms with Gasteiger partial charge in [-0.1, -0.05) is 57.2 Å². The number of rotatable bonds is 11. The zero-order valence-corrected chi connectivity index (χ0v) is 13.3. The van der Waals surface area contributed by atoms with Crippen LogP contribution in [0.1, 0.15) is 45.4 Å². The molecule has 0 N–H and O–H groups in total. The maximum Gasteiger partial charge on any atom is 0.529 e. The van der Waals surface area contributed by atoms with Crippen LogP contribution in [0.3, 0.4) is 0 Å². The molecular weight excluding hydrogens is 275 g/mol. The summed E-state index contributed by atoms with van der Waals surface area (Å²) in [6, 6.07) is 8.92. The van der Waals surface area contributed by atoms with Gasteiger partial charge in [0.2, 0.25) is 0 Å². The monoisotopic (exact) mass is 300 g/mol. The Kier molecular flexibility index (Phi) is 8.59. The predicted octanol–water partition coefficient (Wildman–Crippen LogP) is 5.20. The lowest BCUT2D eigenvalue weighted by molar-refractivity contribution is 0.176. The lowest BCUT2D eigenvalue weighted by atomic mass is 10.1. The Balaban J connectivity index is 2.26. The lowest BCUT2D eigenvalue weighted by Crippen LogP contribution is -2.01. The van der Waals surface area contributed by atoms with Gasteiger partial charge in [-0.15, -0.1) is 0 Å². The average molecular weight is 300 g/mol. The molecule has 0 aliphatic carbocycles. The van der Waals surface area contributed by atoms with Gasteiger partial charge in [0.1, 0.15) is 5.75 Å². The molecular formula is C15H25O4P. The van der Waals surface area contributed by atoms with E-state index in [9.17, 15) is 4.57 Å². The molecule has 1 rings (SSSR count). The van der Waals surface area contributed by atoms with Crippen molar-refractivity contribution in [3.05, 3.63) is 30.3 Å². The van der Waals surface area contributed by atoms with E-state index in [1.54, 1.807) is 12.1 Å². The highest BCUT2D eigenvalue weighted by Crippen LogP contribution is 2.48. The van der Waals surface area contributed by atoms with Crippen molar-refractivity contribution in [3.63, 3.8) is 0 Å². The molecule has 0 saturated carbocycles. The highest BCUT2D eigenvalue weighted by Gasteiger charge is 2.26. The first-order chi connectivity index (χ1) is 9.70. The molecule has 4 nitrogen and oxygen atoms in total. The van der Waals surface area contributed by atoms with Gasteiger partial charge in [0, 0.05) is 7.11 Å². The second kappa shape index (κ2) is 9.98. The number of para-hydroxylation sites is 1. The summed E-state index contributed by atoms with van der Waals surface area (Å²) < 4.78 is 27.7. The third-order valence-electron chi connectivity index (χ3n) is 2.93. The number of hydrogen-bond acceptors (Lipinski definition) is 4. The number of phosphoric acid groups is 1. The molecule has 5 heteroatoms. The summed E-state index contributed by atoms with van der Waals surface area (Å²) >= 11 is 0. The van der Waals surface area contributed by atoms with Crippen LogP contribution in [0, 0.1) is 0 Å². The summed E-state index contributed by atoms with van der Waals surface area (Å²) in [5, 5.41) is 0. The van der Waals surface area contributed by atoms with Crippen LogP contribution in [-0.4, -0.2) is 13.7 Å². The highest BCUT2D eigenvalue weighted by molar-refractivity contribution is 7.48. The fourth-order valence-electron chi connectivity index (χ4n) is 1.79. The van der Waals surface area contributed by atoms with Crippen molar-refractivity contribution >= 4 is 7.82 Å². The van der Waals surface area contributed by atoms with Crippen molar-refractivity contribution in [2.45, 2.75) is 45.4 Å². The maximum absolute atomic E-state index is 12.2. The van der Waals surface area contributed by atoms with Crippen molar-refractivity contribution in [1.29, 1.82) is 0 Å². The largest absolute Gasteiger partial charge is 0.529 e. The Morgan fingerprint density at radius 2 is 1.65 bits per heavy atom. The Hall–Kier alpha value is -0.830. The van der Waals surface area contributed by atoms with Gasteiger partial charge < -0.3 is 4.52 Å². The molecule has 1 aromatic rings. The number of unbranched alkanes of at least 4 members (excludes halogenated alkanes) is 5. The smallest absolute Gasteiger partial charge is 0.404 e. The standard InChI is InChI=1S/C15H25O4P/c1-3-4-5-6-7-11-14-18-20(16,17-2)19-15-12-9-8-10-13-15/h8-10,12-13H,3-7,11,14H2,1-2H3. The van der Waals surface area contributed by atoms with E-state index in [0.717, 1.165) is 12.8 Å². The van der Waals surface area contributed by atoms with Crippen LogP contribution in [0.25, 0.3) is 0 Å². The molecule has 0 bridgehead atoms. The highest BCUT2D eigenvalue weighted by atomic mass is 31.2. The molecule has 0 aromatic heterocycles. The minimum Gasteiger partial charge on any atom is -0.404 e. The molecule has 0 amide bonds. The predicted molar refractivity (Wildman–Crippen MR) is 81.0 cm³/mol. The molecule has 1 atom stereocenters. The van der Waals surface area contributed by atoms with Crippen molar-refractivity contribution in [2.75, 3.05) is 13.7 Å². The van der Waals surface area contributed by atoms with E-state index in [-0.39, 0.29) is 0 Å². The first kappa shape index (κ1) is 17.2. The van der Waals surface area contributed by atoms with Gasteiger partial charge in [0.15, 0.2) is 0 Å². The summed E-state index contributed by atoms with van der Waals surface area (Å²) in [6.45, 7) is 2.59. The quantitative estimate of drug-likeness (QED) is 0.416. The van der Waals surface area contributed by atoms with Crippen molar-refractivity contribution in [3.8, 4) is 5.75 Å². The van der Waals surface area contributed by atoms with Crippen LogP contribution < -0.4 is 4.52 Å². The molecule has 0 radical (unpaired) electrons. The Morgan fingerprint density at radius 1 is 1.00 bits per heavy atom. The van der Waals surface area contributed by atoms with E-state index < -0.39 is 7.82 Å². The topological polar surface area (TPSA) is 44.8 Å². The summed E-state index contributed by atoms with van der Waals surface area (Å²) in [5.41, 5.74) is 0. The molecule has 20 heavy (non-hydrogen) atoms. The van der Waals surface area contributed by atoms with Gasteiger partial charge in [-0.05, 0) is 18.6 Å². The van der Waals surface area contributed by atoms with E-state index >= 15 is 0 Å². The summed E-state index contributed by atoms with van der Waals surface area (Å²) in [4.78, 5) is 0. The van der Waals surface area contributed by atoms with Gasteiger partial charge in [-0.2, -0.15) is 0 Å². The summed E-state index contributed by atoms with van der Waals surface area (Å²) in [5.74, 6) is 0.487. The lowest BCUT2D eigenvalue weighted by Gasteiger charge is -2.16. The van der Waals surface area contributed by atoms with Gasteiger partial charge in [0.05, 0.1) is 6.61 Å². The molecule has 1 unspecified atom stereocenters. The zero-order valence-electron chi connectivity index (χ0n) is 12.4. The van der Waals surface area contributed by atoms with Crippen molar-refractivity contribution < 1.29 is 18.1 Å². The van der Waals surface area contributed by atoms with Gasteiger partial charge in [-0.3, -0.25) is 9.05 Å². The summed E-state index contributed by atoms with van der Waals surface area (Å²) in [6.07, 6.45) is 6.89. The van der Waals surface area contributed by atoms with Gasteiger partial charge in [0.25, 0.3) is 0 Å². The van der Waals surface area contributed by atoms with E-state index in [1.165, 1.54) is 32.8 Å². The van der Waals surface area contributed by atoms with E-state index in [2.05, 4.69) is 6.92 Å². The SMILES string of the molecule is CCCCCCCCOP(=O)(OC)Oc1ccccc1. The van der Waals surface area contributed by atoms with Crippen LogP contribution in [0.4, 0.5) is 0 Å². The third-order valence-corrected chi connectivity index (χ3v) is 4.31. The molecule has 1 aromatic carbocycles. The third kappa shape index (κ3) is 7.09. The van der Waals surface area contributed by atoms with Crippen molar-refractivity contribution in [2.24, 2.45) is 0 Å². The van der Waals surface area contributed by atoms with Crippen LogP contribution >= 0.6 is 7.82 Å². The average Bonchev–Trinajstić information content (AvgIpc) is 2.47. The Morgan fingerprint density at radius 3 is 2.30 bits per heavy atom. The second-order valence-electron chi connectivity index (χ2n) is 4.64. The fraction of sp³-hybridized carbons (Fsp3) is 0.600. The van der Waals surface area contributed by atoms with E-state index in [4.69, 9.17) is 13.6 Å². The van der Waals surface area contributed by atoms with Crippen LogP contribution in [-0.2, 0) is 13.6 Å². The van der Waals surface area contributed by atoms with Gasteiger partial charge >= 0.3 is 7.82 Å². The molecule has 0 spiro atoms. The molecule has 0 aliphatic heterocycles. The molecule has 0 saturated heterocycles. The van der Waals surface area contributed by atoms with Crippen LogP contribution in [0.5, 0.6) is 5.75 Å². The maximum atomic E-state index is 12.2. The fourth-order valence-corrected chi connectivity index (χ4v) is 2.75. The Labute approximate surface area is 122 Å². The van der Waals surface area contributed by atoms with E-state index in [0.29, 0.717) is 12.4 Å². The minimum absolute atomic E-state index is 0.393. The first-order valence-corrected chi connectivity index (χ1v) is 8.71. The summed E-state index contributed by atoms with van der Waals surface area (Å²) in [7, 11) is -2.15. The number of hydrogen-bond donors (Lipinski definition) is 0. The molecule has 114 valence electrons. The normalized spacial score (nSPS) is 13.9. The number of benzene rings is 1. The second-order valence-corrected chi connectivity index (χ2v) is 6.34. The molecule has 0 heterocycles. The number of phosphoric ester groups is 1.